The first-order chi connectivity index (χ1) is 13.0. The van der Waals surface area contributed by atoms with Gasteiger partial charge in [-0.05, 0) is 37.1 Å². The van der Waals surface area contributed by atoms with Gasteiger partial charge in [0, 0.05) is 35.3 Å². The van der Waals surface area contributed by atoms with E-state index in [2.05, 4.69) is 21.7 Å². The number of nitriles is 1. The maximum atomic E-state index is 12.3. The van der Waals surface area contributed by atoms with Crippen molar-refractivity contribution in [3.8, 4) is 6.07 Å². The number of aryl methyl sites for hydroxylation is 1. The Morgan fingerprint density at radius 2 is 2.00 bits per heavy atom. The Hall–Kier alpha value is -3.10. The van der Waals surface area contributed by atoms with Crippen LogP contribution in [0.3, 0.4) is 0 Å². The molecule has 0 atom stereocenters. The quantitative estimate of drug-likeness (QED) is 0.667. The number of anilines is 2. The molecule has 0 aliphatic carbocycles. The van der Waals surface area contributed by atoms with E-state index in [-0.39, 0.29) is 12.3 Å². The number of para-hydroxylation sites is 1. The van der Waals surface area contributed by atoms with Gasteiger partial charge < -0.3 is 10.6 Å². The second-order valence-electron chi connectivity index (χ2n) is 6.27. The summed E-state index contributed by atoms with van der Waals surface area (Å²) in [4.78, 5) is 16.6. The Morgan fingerprint density at radius 3 is 2.78 bits per heavy atom. The summed E-state index contributed by atoms with van der Waals surface area (Å²) in [6.45, 7) is 4.24. The minimum atomic E-state index is -0.124. The Kier molecular flexibility index (Phi) is 5.58. The minimum absolute atomic E-state index is 0.124. The van der Waals surface area contributed by atoms with E-state index in [0.29, 0.717) is 28.5 Å². The molecule has 0 saturated heterocycles. The molecule has 0 saturated carbocycles. The van der Waals surface area contributed by atoms with Crippen LogP contribution in [-0.4, -0.2) is 17.4 Å². The third-order valence-corrected chi connectivity index (χ3v) is 4.82. The second kappa shape index (κ2) is 8.07. The maximum absolute atomic E-state index is 12.3. The Bertz CT molecular complexity index is 1060. The summed E-state index contributed by atoms with van der Waals surface area (Å²) in [7, 11) is 0. The molecule has 6 heteroatoms. The number of hydrogen-bond donors (Lipinski definition) is 2. The van der Waals surface area contributed by atoms with Crippen LogP contribution < -0.4 is 10.6 Å². The first-order valence-corrected chi connectivity index (χ1v) is 8.96. The van der Waals surface area contributed by atoms with E-state index in [1.807, 2.05) is 38.1 Å². The Labute approximate surface area is 163 Å². The fraction of sp³-hybridized carbons (Fsp3) is 0.190. The van der Waals surface area contributed by atoms with Gasteiger partial charge in [0.15, 0.2) is 0 Å². The predicted molar refractivity (Wildman–Crippen MR) is 109 cm³/mol. The average Bonchev–Trinajstić information content (AvgIpc) is 2.66. The molecular formula is C21H19ClN4O. The lowest BCUT2D eigenvalue weighted by molar-refractivity contribution is -0.115. The van der Waals surface area contributed by atoms with Crippen LogP contribution in [0.25, 0.3) is 10.9 Å². The number of pyridine rings is 1. The molecule has 1 heterocycles. The molecule has 0 aliphatic heterocycles. The molecule has 1 aromatic heterocycles. The molecule has 5 nitrogen and oxygen atoms in total. The molecule has 136 valence electrons. The molecule has 3 aromatic rings. The van der Waals surface area contributed by atoms with Crippen molar-refractivity contribution in [1.29, 1.82) is 5.26 Å². The van der Waals surface area contributed by atoms with Crippen molar-refractivity contribution in [3.05, 3.63) is 64.3 Å². The number of benzene rings is 2. The van der Waals surface area contributed by atoms with E-state index in [0.717, 1.165) is 22.0 Å². The summed E-state index contributed by atoms with van der Waals surface area (Å²) < 4.78 is 0. The van der Waals surface area contributed by atoms with Crippen LogP contribution in [0.1, 0.15) is 23.1 Å². The number of carbonyl (C=O) groups excluding carboxylic acids is 1. The van der Waals surface area contributed by atoms with Crippen LogP contribution in [0.2, 0.25) is 5.02 Å². The zero-order valence-electron chi connectivity index (χ0n) is 15.1. The highest BCUT2D eigenvalue weighted by molar-refractivity contribution is 6.31. The number of nitrogens with zero attached hydrogens (tertiary/aromatic N) is 2. The topological polar surface area (TPSA) is 77.8 Å². The van der Waals surface area contributed by atoms with Crippen molar-refractivity contribution in [2.75, 3.05) is 17.2 Å². The van der Waals surface area contributed by atoms with Crippen molar-refractivity contribution in [3.63, 3.8) is 0 Å². The van der Waals surface area contributed by atoms with Crippen LogP contribution in [0.4, 0.5) is 11.4 Å². The average molecular weight is 379 g/mol. The first kappa shape index (κ1) is 18.7. The number of hydrogen-bond acceptors (Lipinski definition) is 4. The summed E-state index contributed by atoms with van der Waals surface area (Å²) in [5.74, 6) is -0.124. The van der Waals surface area contributed by atoms with Gasteiger partial charge in [0.05, 0.1) is 16.8 Å². The van der Waals surface area contributed by atoms with E-state index < -0.39 is 0 Å². The van der Waals surface area contributed by atoms with Gasteiger partial charge in [0.1, 0.15) is 6.07 Å². The van der Waals surface area contributed by atoms with Gasteiger partial charge in [0.25, 0.3) is 0 Å². The van der Waals surface area contributed by atoms with Gasteiger partial charge in [0.2, 0.25) is 5.91 Å². The molecular weight excluding hydrogens is 360 g/mol. The van der Waals surface area contributed by atoms with Crippen molar-refractivity contribution < 1.29 is 4.79 Å². The first-order valence-electron chi connectivity index (χ1n) is 8.58. The second-order valence-corrected chi connectivity index (χ2v) is 6.67. The number of rotatable bonds is 5. The van der Waals surface area contributed by atoms with Gasteiger partial charge >= 0.3 is 0 Å². The van der Waals surface area contributed by atoms with E-state index in [1.165, 1.54) is 0 Å². The summed E-state index contributed by atoms with van der Waals surface area (Å²) in [6, 6.07) is 13.4. The molecule has 3 rings (SSSR count). The predicted octanol–water partition coefficient (Wildman–Crippen LogP) is 4.82. The third-order valence-electron chi connectivity index (χ3n) is 4.42. The number of halogens is 1. The van der Waals surface area contributed by atoms with Crippen LogP contribution in [-0.2, 0) is 4.79 Å². The SMILES string of the molecule is Cc1c(Cl)cccc1NC(=O)CCNc1c(C#N)cnc2c(C)cccc12. The highest BCUT2D eigenvalue weighted by Gasteiger charge is 2.11. The van der Waals surface area contributed by atoms with E-state index in [4.69, 9.17) is 11.6 Å². The van der Waals surface area contributed by atoms with Gasteiger partial charge in [-0.15, -0.1) is 0 Å². The number of carbonyl (C=O) groups is 1. The van der Waals surface area contributed by atoms with Crippen molar-refractivity contribution >= 4 is 39.8 Å². The number of nitrogens with one attached hydrogen (secondary N) is 2. The molecule has 27 heavy (non-hydrogen) atoms. The number of aromatic nitrogens is 1. The standard InChI is InChI=1S/C21H19ClN4O/c1-13-5-3-6-16-20(13)25-12-15(11-23)21(16)24-10-9-19(27)26-18-8-4-7-17(22)14(18)2/h3-8,12H,9-10H2,1-2H3,(H,24,25)(H,26,27). The van der Waals surface area contributed by atoms with E-state index in [1.54, 1.807) is 18.3 Å². The Balaban J connectivity index is 1.72. The van der Waals surface area contributed by atoms with Crippen LogP contribution in [0, 0.1) is 25.2 Å². The van der Waals surface area contributed by atoms with Gasteiger partial charge in [-0.2, -0.15) is 5.26 Å². The molecule has 0 spiro atoms. The van der Waals surface area contributed by atoms with Crippen molar-refractivity contribution in [1.82, 2.24) is 4.98 Å². The molecule has 0 fully saturated rings. The number of amides is 1. The highest BCUT2D eigenvalue weighted by Crippen LogP contribution is 2.27. The summed E-state index contributed by atoms with van der Waals surface area (Å²) in [6.07, 6.45) is 1.82. The fourth-order valence-electron chi connectivity index (χ4n) is 2.90. The lowest BCUT2D eigenvalue weighted by Crippen LogP contribution is -2.17. The van der Waals surface area contributed by atoms with Crippen LogP contribution >= 0.6 is 11.6 Å². The van der Waals surface area contributed by atoms with Gasteiger partial charge in [-0.1, -0.05) is 35.9 Å². The zero-order valence-corrected chi connectivity index (χ0v) is 15.9. The Morgan fingerprint density at radius 1 is 1.22 bits per heavy atom. The lowest BCUT2D eigenvalue weighted by atomic mass is 10.1. The fourth-order valence-corrected chi connectivity index (χ4v) is 3.08. The summed E-state index contributed by atoms with van der Waals surface area (Å²) >= 11 is 6.08. The van der Waals surface area contributed by atoms with E-state index in [9.17, 15) is 10.1 Å². The molecule has 0 unspecified atom stereocenters. The largest absolute Gasteiger partial charge is 0.383 e. The van der Waals surface area contributed by atoms with Gasteiger partial charge in [-0.3, -0.25) is 9.78 Å². The molecule has 2 aromatic carbocycles. The van der Waals surface area contributed by atoms with E-state index >= 15 is 0 Å². The monoisotopic (exact) mass is 378 g/mol. The molecule has 0 radical (unpaired) electrons. The third kappa shape index (κ3) is 4.02. The highest BCUT2D eigenvalue weighted by atomic mass is 35.5. The smallest absolute Gasteiger partial charge is 0.226 e. The zero-order chi connectivity index (χ0) is 19.4. The normalized spacial score (nSPS) is 10.4. The van der Waals surface area contributed by atoms with Crippen molar-refractivity contribution in [2.24, 2.45) is 0 Å². The van der Waals surface area contributed by atoms with Crippen LogP contribution in [0.15, 0.2) is 42.6 Å². The molecule has 0 bridgehead atoms. The molecule has 2 N–H and O–H groups in total. The number of fused-ring (bicyclic) bond motifs is 1. The van der Waals surface area contributed by atoms with Crippen molar-refractivity contribution in [2.45, 2.75) is 20.3 Å². The summed E-state index contributed by atoms with van der Waals surface area (Å²) in [5, 5.41) is 17.0. The summed E-state index contributed by atoms with van der Waals surface area (Å²) in [5.41, 5.74) is 4.59. The molecule has 0 aliphatic rings. The lowest BCUT2D eigenvalue weighted by Gasteiger charge is -2.13. The van der Waals surface area contributed by atoms with Gasteiger partial charge in [-0.25, -0.2) is 0 Å². The van der Waals surface area contributed by atoms with Crippen LogP contribution in [0.5, 0.6) is 0 Å². The molecule has 1 amide bonds. The maximum Gasteiger partial charge on any atom is 0.226 e. The minimum Gasteiger partial charge on any atom is -0.383 e.